The summed E-state index contributed by atoms with van der Waals surface area (Å²) in [7, 11) is 0. The monoisotopic (exact) mass is 348 g/mol. The van der Waals surface area contributed by atoms with Gasteiger partial charge in [-0.3, -0.25) is 0 Å². The minimum atomic E-state index is -0.207. The summed E-state index contributed by atoms with van der Waals surface area (Å²) in [6.07, 6.45) is 0. The van der Waals surface area contributed by atoms with Gasteiger partial charge in [0.15, 0.2) is 0 Å². The summed E-state index contributed by atoms with van der Waals surface area (Å²) >= 11 is 3.36. The SMILES string of the molecule is CC1CN(Cc2cccc(F)c2Br)c2ccccc2CN1. The van der Waals surface area contributed by atoms with Crippen molar-refractivity contribution in [2.75, 3.05) is 11.4 Å². The molecule has 0 amide bonds. The van der Waals surface area contributed by atoms with Gasteiger partial charge >= 0.3 is 0 Å². The van der Waals surface area contributed by atoms with E-state index in [1.807, 2.05) is 6.07 Å². The van der Waals surface area contributed by atoms with Crippen LogP contribution in [0.25, 0.3) is 0 Å². The van der Waals surface area contributed by atoms with E-state index in [1.54, 1.807) is 6.07 Å². The number of para-hydroxylation sites is 1. The minimum Gasteiger partial charge on any atom is -0.365 e. The van der Waals surface area contributed by atoms with E-state index in [1.165, 1.54) is 17.3 Å². The predicted molar refractivity (Wildman–Crippen MR) is 87.9 cm³/mol. The smallest absolute Gasteiger partial charge is 0.137 e. The van der Waals surface area contributed by atoms with Crippen LogP contribution in [-0.2, 0) is 13.1 Å². The molecule has 4 heteroatoms. The molecule has 0 saturated carbocycles. The van der Waals surface area contributed by atoms with Gasteiger partial charge in [-0.15, -0.1) is 0 Å². The minimum absolute atomic E-state index is 0.207. The third kappa shape index (κ3) is 3.11. The van der Waals surface area contributed by atoms with Gasteiger partial charge in [-0.25, -0.2) is 4.39 Å². The fourth-order valence-electron chi connectivity index (χ4n) is 2.77. The molecule has 110 valence electrons. The van der Waals surface area contributed by atoms with E-state index in [0.29, 0.717) is 17.1 Å². The van der Waals surface area contributed by atoms with Crippen molar-refractivity contribution in [3.8, 4) is 0 Å². The summed E-state index contributed by atoms with van der Waals surface area (Å²) in [5.74, 6) is -0.207. The summed E-state index contributed by atoms with van der Waals surface area (Å²) < 4.78 is 14.3. The Balaban J connectivity index is 1.95. The molecule has 0 aliphatic carbocycles. The standard InChI is InChI=1S/C17H18BrFN2/c1-12-10-21(11-14-6-4-7-15(19)17(14)18)16-8-3-2-5-13(16)9-20-12/h2-8,12,20H,9-11H2,1H3. The lowest BCUT2D eigenvalue weighted by atomic mass is 10.1. The maximum atomic E-state index is 13.7. The summed E-state index contributed by atoms with van der Waals surface area (Å²) in [5, 5.41) is 3.51. The van der Waals surface area contributed by atoms with Crippen molar-refractivity contribution < 1.29 is 4.39 Å². The summed E-state index contributed by atoms with van der Waals surface area (Å²) in [4.78, 5) is 2.32. The molecular formula is C17H18BrFN2. The third-order valence-electron chi connectivity index (χ3n) is 3.86. The average Bonchev–Trinajstić information content (AvgIpc) is 2.64. The lowest BCUT2D eigenvalue weighted by Gasteiger charge is -2.27. The van der Waals surface area contributed by atoms with Crippen LogP contribution in [0.3, 0.4) is 0 Å². The van der Waals surface area contributed by atoms with Gasteiger partial charge in [0.05, 0.1) is 4.47 Å². The Morgan fingerprint density at radius 3 is 2.90 bits per heavy atom. The summed E-state index contributed by atoms with van der Waals surface area (Å²) in [6.45, 7) is 4.65. The maximum Gasteiger partial charge on any atom is 0.137 e. The Kier molecular flexibility index (Phi) is 4.27. The van der Waals surface area contributed by atoms with Crippen LogP contribution in [0.1, 0.15) is 18.1 Å². The summed E-state index contributed by atoms with van der Waals surface area (Å²) in [6, 6.07) is 14.0. The second-order valence-corrected chi connectivity index (χ2v) is 6.30. The van der Waals surface area contributed by atoms with Crippen molar-refractivity contribution >= 4 is 21.6 Å². The number of halogens is 2. The normalized spacial score (nSPS) is 18.2. The van der Waals surface area contributed by atoms with Gasteiger partial charge in [-0.1, -0.05) is 30.3 Å². The number of hydrogen-bond acceptors (Lipinski definition) is 2. The van der Waals surface area contributed by atoms with Gasteiger partial charge < -0.3 is 10.2 Å². The Morgan fingerprint density at radius 1 is 1.24 bits per heavy atom. The highest BCUT2D eigenvalue weighted by Gasteiger charge is 2.19. The van der Waals surface area contributed by atoms with E-state index in [9.17, 15) is 4.39 Å². The van der Waals surface area contributed by atoms with Crippen LogP contribution in [0.2, 0.25) is 0 Å². The summed E-state index contributed by atoms with van der Waals surface area (Å²) in [5.41, 5.74) is 3.48. The van der Waals surface area contributed by atoms with Crippen LogP contribution in [0.15, 0.2) is 46.9 Å². The zero-order valence-electron chi connectivity index (χ0n) is 11.9. The molecule has 0 bridgehead atoms. The highest BCUT2D eigenvalue weighted by Crippen LogP contribution is 2.28. The van der Waals surface area contributed by atoms with Crippen molar-refractivity contribution in [2.45, 2.75) is 26.1 Å². The van der Waals surface area contributed by atoms with Crippen LogP contribution in [0.5, 0.6) is 0 Å². The number of nitrogens with zero attached hydrogens (tertiary/aromatic N) is 1. The molecule has 2 nitrogen and oxygen atoms in total. The van der Waals surface area contributed by atoms with Crippen molar-refractivity contribution in [3.63, 3.8) is 0 Å². The van der Waals surface area contributed by atoms with Crippen LogP contribution in [0, 0.1) is 5.82 Å². The topological polar surface area (TPSA) is 15.3 Å². The van der Waals surface area contributed by atoms with Gasteiger partial charge in [0.1, 0.15) is 5.82 Å². The van der Waals surface area contributed by atoms with Crippen molar-refractivity contribution in [1.29, 1.82) is 0 Å². The Bertz CT molecular complexity index is 644. The third-order valence-corrected chi connectivity index (χ3v) is 4.75. The molecule has 21 heavy (non-hydrogen) atoms. The molecule has 0 aromatic heterocycles. The molecular weight excluding hydrogens is 331 g/mol. The maximum absolute atomic E-state index is 13.7. The molecule has 0 radical (unpaired) electrons. The molecule has 1 aliphatic heterocycles. The first-order valence-corrected chi connectivity index (χ1v) is 7.93. The molecule has 0 saturated heterocycles. The molecule has 2 aromatic carbocycles. The highest BCUT2D eigenvalue weighted by molar-refractivity contribution is 9.10. The van der Waals surface area contributed by atoms with Gasteiger partial charge in [0.25, 0.3) is 0 Å². The average molecular weight is 349 g/mol. The Labute approximate surface area is 133 Å². The van der Waals surface area contributed by atoms with E-state index in [-0.39, 0.29) is 5.82 Å². The largest absolute Gasteiger partial charge is 0.365 e. The van der Waals surface area contributed by atoms with Gasteiger partial charge in [0.2, 0.25) is 0 Å². The van der Waals surface area contributed by atoms with E-state index in [0.717, 1.165) is 18.7 Å². The van der Waals surface area contributed by atoms with Crippen molar-refractivity contribution in [1.82, 2.24) is 5.32 Å². The molecule has 1 unspecified atom stereocenters. The first kappa shape index (κ1) is 14.5. The number of nitrogens with one attached hydrogen (secondary N) is 1. The molecule has 2 aromatic rings. The zero-order valence-corrected chi connectivity index (χ0v) is 13.5. The van der Waals surface area contributed by atoms with Crippen LogP contribution >= 0.6 is 15.9 Å². The Morgan fingerprint density at radius 2 is 2.05 bits per heavy atom. The second-order valence-electron chi connectivity index (χ2n) is 5.50. The van der Waals surface area contributed by atoms with Gasteiger partial charge in [-0.2, -0.15) is 0 Å². The van der Waals surface area contributed by atoms with Crippen LogP contribution in [-0.4, -0.2) is 12.6 Å². The van der Waals surface area contributed by atoms with Crippen LogP contribution < -0.4 is 10.2 Å². The van der Waals surface area contributed by atoms with Crippen molar-refractivity contribution in [3.05, 3.63) is 63.9 Å². The lowest BCUT2D eigenvalue weighted by Crippen LogP contribution is -2.35. The fraction of sp³-hybridized carbons (Fsp3) is 0.294. The number of fused-ring (bicyclic) bond motifs is 1. The number of hydrogen-bond donors (Lipinski definition) is 1. The molecule has 0 fully saturated rings. The lowest BCUT2D eigenvalue weighted by molar-refractivity contribution is 0.551. The number of anilines is 1. The second kappa shape index (κ2) is 6.16. The first-order valence-electron chi connectivity index (χ1n) is 7.14. The molecule has 1 heterocycles. The zero-order chi connectivity index (χ0) is 14.8. The fourth-order valence-corrected chi connectivity index (χ4v) is 3.16. The first-order chi connectivity index (χ1) is 10.1. The van der Waals surface area contributed by atoms with Gasteiger partial charge in [-0.05, 0) is 46.1 Å². The molecule has 0 spiro atoms. The number of rotatable bonds is 2. The molecule has 1 N–H and O–H groups in total. The highest BCUT2D eigenvalue weighted by atomic mass is 79.9. The molecule has 3 rings (SSSR count). The van der Waals surface area contributed by atoms with E-state index in [4.69, 9.17) is 0 Å². The van der Waals surface area contributed by atoms with Crippen LogP contribution in [0.4, 0.5) is 10.1 Å². The Hall–Kier alpha value is -1.39. The van der Waals surface area contributed by atoms with E-state index < -0.39 is 0 Å². The quantitative estimate of drug-likeness (QED) is 0.879. The predicted octanol–water partition coefficient (Wildman–Crippen LogP) is 4.09. The van der Waals surface area contributed by atoms with Gasteiger partial charge in [0, 0.05) is 31.4 Å². The number of benzene rings is 2. The molecule has 1 aliphatic rings. The van der Waals surface area contributed by atoms with Crippen molar-refractivity contribution in [2.24, 2.45) is 0 Å². The molecule has 1 atom stereocenters. The van der Waals surface area contributed by atoms with E-state index >= 15 is 0 Å². The van der Waals surface area contributed by atoms with E-state index in [2.05, 4.69) is 57.3 Å².